The van der Waals surface area contributed by atoms with Crippen LogP contribution in [0.1, 0.15) is 5.56 Å². The quantitative estimate of drug-likeness (QED) is 0.123. The van der Waals surface area contributed by atoms with Gasteiger partial charge in [0, 0.05) is 23.2 Å². The fourth-order valence-corrected chi connectivity index (χ4v) is 4.33. The number of nitriles is 1. The van der Waals surface area contributed by atoms with E-state index in [1.807, 2.05) is 36.4 Å². The molecule has 0 aliphatic heterocycles. The van der Waals surface area contributed by atoms with Crippen molar-refractivity contribution < 1.29 is 22.3 Å². The molecule has 0 radical (unpaired) electrons. The van der Waals surface area contributed by atoms with E-state index in [0.717, 1.165) is 35.0 Å². The smallest absolute Gasteiger partial charge is 0.339 e. The number of nitrogens with zero attached hydrogens (tertiary/aromatic N) is 2. The number of carbonyl (C=O) groups excluding carboxylic acids is 1. The molecule has 0 aliphatic carbocycles. The van der Waals surface area contributed by atoms with E-state index < -0.39 is 20.9 Å². The Labute approximate surface area is 206 Å². The monoisotopic (exact) mass is 499 g/mol. The number of non-ortho nitro benzene ring substituents is 1. The Hall–Kier alpha value is -5.01. The lowest BCUT2D eigenvalue weighted by molar-refractivity contribution is -0.384. The molecule has 0 aromatic heterocycles. The molecular weight excluding hydrogens is 482 g/mol. The average molecular weight is 500 g/mol. The van der Waals surface area contributed by atoms with Gasteiger partial charge in [0.2, 0.25) is 0 Å². The van der Waals surface area contributed by atoms with Gasteiger partial charge in [0.05, 0.1) is 4.92 Å². The highest BCUT2D eigenvalue weighted by Crippen LogP contribution is 2.25. The molecule has 9 nitrogen and oxygen atoms in total. The van der Waals surface area contributed by atoms with Crippen LogP contribution in [-0.4, -0.2) is 19.2 Å². The zero-order chi connectivity index (χ0) is 25.7. The first-order valence-corrected chi connectivity index (χ1v) is 11.9. The van der Waals surface area contributed by atoms with Gasteiger partial charge in [-0.15, -0.1) is 0 Å². The summed E-state index contributed by atoms with van der Waals surface area (Å²) in [6.07, 6.45) is 1.31. The van der Waals surface area contributed by atoms with Crippen LogP contribution in [0.5, 0.6) is 5.75 Å². The summed E-state index contributed by atoms with van der Waals surface area (Å²) in [4.78, 5) is 22.7. The molecule has 4 aromatic rings. The largest absolute Gasteiger partial charge is 0.379 e. The summed E-state index contributed by atoms with van der Waals surface area (Å²) in [6.45, 7) is 0. The maximum absolute atomic E-state index is 12.8. The number of hydrogen-bond acceptors (Lipinski definition) is 7. The Kier molecular flexibility index (Phi) is 6.76. The number of amides is 1. The summed E-state index contributed by atoms with van der Waals surface area (Å²) >= 11 is 0. The molecule has 0 saturated heterocycles. The van der Waals surface area contributed by atoms with Gasteiger partial charge < -0.3 is 9.50 Å². The van der Waals surface area contributed by atoms with Crippen LogP contribution in [0.25, 0.3) is 16.8 Å². The van der Waals surface area contributed by atoms with Gasteiger partial charge in [-0.1, -0.05) is 48.5 Å². The van der Waals surface area contributed by atoms with E-state index in [-0.39, 0.29) is 21.9 Å². The van der Waals surface area contributed by atoms with Crippen LogP contribution in [0.2, 0.25) is 0 Å². The van der Waals surface area contributed by atoms with E-state index in [1.54, 1.807) is 18.2 Å². The fourth-order valence-electron chi connectivity index (χ4n) is 3.40. The zero-order valence-corrected chi connectivity index (χ0v) is 19.3. The fraction of sp³-hybridized carbons (Fsp3) is 0. The van der Waals surface area contributed by atoms with Gasteiger partial charge in [-0.25, -0.2) is 0 Å². The standard InChI is InChI=1S/C26H17N3O6S/c27-17-20(26(30)28-25-10-4-7-19-6-1-2-9-24(19)25)15-18-5-3-8-22(16-18)35-36(33,34)23-13-11-21(12-14-23)29(31)32/h1-16H,(H,28,30)/b20-15+. The van der Waals surface area contributed by atoms with E-state index in [2.05, 4.69) is 5.32 Å². The minimum atomic E-state index is -4.27. The molecular formula is C26H17N3O6S. The second-order valence-electron chi connectivity index (χ2n) is 7.51. The van der Waals surface area contributed by atoms with Gasteiger partial charge in [0.25, 0.3) is 11.6 Å². The Morgan fingerprint density at radius 2 is 1.67 bits per heavy atom. The molecule has 4 aromatic carbocycles. The molecule has 4 rings (SSSR count). The van der Waals surface area contributed by atoms with Crippen LogP contribution in [0.3, 0.4) is 0 Å². The first-order valence-electron chi connectivity index (χ1n) is 10.5. The van der Waals surface area contributed by atoms with Crippen molar-refractivity contribution in [1.82, 2.24) is 0 Å². The predicted molar refractivity (Wildman–Crippen MR) is 134 cm³/mol. The molecule has 0 atom stereocenters. The van der Waals surface area contributed by atoms with Crippen LogP contribution in [0.4, 0.5) is 11.4 Å². The molecule has 0 aliphatic rings. The molecule has 0 bridgehead atoms. The Balaban J connectivity index is 1.55. The van der Waals surface area contributed by atoms with Gasteiger partial charge in [-0.3, -0.25) is 14.9 Å². The van der Waals surface area contributed by atoms with Crippen molar-refractivity contribution >= 4 is 44.2 Å². The third kappa shape index (κ3) is 5.38. The summed E-state index contributed by atoms with van der Waals surface area (Å²) in [7, 11) is -4.27. The lowest BCUT2D eigenvalue weighted by atomic mass is 10.1. The van der Waals surface area contributed by atoms with Crippen molar-refractivity contribution in [3.63, 3.8) is 0 Å². The maximum Gasteiger partial charge on any atom is 0.339 e. The van der Waals surface area contributed by atoms with Gasteiger partial charge in [0.1, 0.15) is 22.3 Å². The Morgan fingerprint density at radius 3 is 2.39 bits per heavy atom. The normalized spacial score (nSPS) is 11.5. The highest BCUT2D eigenvalue weighted by Gasteiger charge is 2.19. The number of carbonyl (C=O) groups is 1. The second-order valence-corrected chi connectivity index (χ2v) is 9.06. The number of nitro groups is 1. The number of benzene rings is 4. The molecule has 0 fully saturated rings. The average Bonchev–Trinajstić information content (AvgIpc) is 2.87. The van der Waals surface area contributed by atoms with E-state index in [1.165, 1.54) is 24.3 Å². The molecule has 178 valence electrons. The molecule has 0 spiro atoms. The molecule has 0 unspecified atom stereocenters. The first-order chi connectivity index (χ1) is 17.3. The number of rotatable bonds is 7. The van der Waals surface area contributed by atoms with Crippen molar-refractivity contribution in [3.05, 3.63) is 112 Å². The lowest BCUT2D eigenvalue weighted by Gasteiger charge is -2.09. The number of nitrogens with one attached hydrogen (secondary N) is 1. The third-order valence-corrected chi connectivity index (χ3v) is 6.38. The number of anilines is 1. The summed E-state index contributed by atoms with van der Waals surface area (Å²) < 4.78 is 30.3. The zero-order valence-electron chi connectivity index (χ0n) is 18.5. The SMILES string of the molecule is N#C/C(=C\c1cccc(OS(=O)(=O)c2ccc([N+](=O)[O-])cc2)c1)C(=O)Nc1cccc2ccccc12. The summed E-state index contributed by atoms with van der Waals surface area (Å²) in [5.41, 5.74) is 0.451. The van der Waals surface area contributed by atoms with Crippen LogP contribution < -0.4 is 9.50 Å². The van der Waals surface area contributed by atoms with Gasteiger partial charge >= 0.3 is 10.1 Å². The van der Waals surface area contributed by atoms with Gasteiger partial charge in [0.15, 0.2) is 0 Å². The maximum atomic E-state index is 12.8. The number of fused-ring (bicyclic) bond motifs is 1. The van der Waals surface area contributed by atoms with Crippen molar-refractivity contribution in [2.24, 2.45) is 0 Å². The van der Waals surface area contributed by atoms with Crippen molar-refractivity contribution in [1.29, 1.82) is 5.26 Å². The van der Waals surface area contributed by atoms with Crippen molar-refractivity contribution in [2.45, 2.75) is 4.90 Å². The first kappa shape index (κ1) is 24.1. The van der Waals surface area contributed by atoms with Gasteiger partial charge in [-0.2, -0.15) is 13.7 Å². The number of nitro benzene ring substituents is 1. The van der Waals surface area contributed by atoms with E-state index in [4.69, 9.17) is 4.18 Å². The van der Waals surface area contributed by atoms with E-state index in [0.29, 0.717) is 11.3 Å². The van der Waals surface area contributed by atoms with Gasteiger partial charge in [-0.05, 0) is 47.4 Å². The molecule has 1 amide bonds. The van der Waals surface area contributed by atoms with Crippen molar-refractivity contribution in [2.75, 3.05) is 5.32 Å². The van der Waals surface area contributed by atoms with Crippen molar-refractivity contribution in [3.8, 4) is 11.8 Å². The lowest BCUT2D eigenvalue weighted by Crippen LogP contribution is -2.13. The highest BCUT2D eigenvalue weighted by molar-refractivity contribution is 7.87. The summed E-state index contributed by atoms with van der Waals surface area (Å²) in [5, 5.41) is 24.8. The molecule has 0 saturated carbocycles. The van der Waals surface area contributed by atoms with E-state index in [9.17, 15) is 28.6 Å². The molecule has 1 N–H and O–H groups in total. The summed E-state index contributed by atoms with van der Waals surface area (Å²) in [6, 6.07) is 24.9. The Bertz CT molecular complexity index is 1650. The minimum Gasteiger partial charge on any atom is -0.379 e. The van der Waals surface area contributed by atoms with Crippen LogP contribution >= 0.6 is 0 Å². The topological polar surface area (TPSA) is 139 Å². The molecule has 0 heterocycles. The summed E-state index contributed by atoms with van der Waals surface area (Å²) in [5.74, 6) is -0.687. The second kappa shape index (κ2) is 10.1. The Morgan fingerprint density at radius 1 is 0.972 bits per heavy atom. The predicted octanol–water partition coefficient (Wildman–Crippen LogP) is 5.06. The molecule has 36 heavy (non-hydrogen) atoms. The number of hydrogen-bond donors (Lipinski definition) is 1. The van der Waals surface area contributed by atoms with Crippen LogP contribution in [0, 0.1) is 21.4 Å². The van der Waals surface area contributed by atoms with Crippen LogP contribution in [-0.2, 0) is 14.9 Å². The minimum absolute atomic E-state index is 0.0612. The van der Waals surface area contributed by atoms with E-state index >= 15 is 0 Å². The highest BCUT2D eigenvalue weighted by atomic mass is 32.2. The molecule has 10 heteroatoms. The third-order valence-electron chi connectivity index (χ3n) is 5.11. The van der Waals surface area contributed by atoms with Crippen LogP contribution in [0.15, 0.2) is 101 Å².